The fourth-order valence-electron chi connectivity index (χ4n) is 3.30. The van der Waals surface area contributed by atoms with Crippen LogP contribution in [0.5, 0.6) is 0 Å². The molecule has 11 heteroatoms. The van der Waals surface area contributed by atoms with E-state index in [1.165, 1.54) is 0 Å². The minimum atomic E-state index is -1.34. The van der Waals surface area contributed by atoms with Crippen molar-refractivity contribution in [1.82, 2.24) is 16.0 Å². The molecule has 1 aromatic carbocycles. The van der Waals surface area contributed by atoms with Gasteiger partial charge in [-0.25, -0.2) is 4.79 Å². The number of rotatable bonds is 11. The summed E-state index contributed by atoms with van der Waals surface area (Å²) >= 11 is 0. The van der Waals surface area contributed by atoms with Crippen molar-refractivity contribution < 1.29 is 39.5 Å². The highest BCUT2D eigenvalue weighted by molar-refractivity contribution is 5.96. The highest BCUT2D eigenvalue weighted by Crippen LogP contribution is 2.23. The van der Waals surface area contributed by atoms with Crippen molar-refractivity contribution in [3.05, 3.63) is 35.9 Å². The van der Waals surface area contributed by atoms with Crippen LogP contribution in [-0.4, -0.2) is 88.0 Å². The number of unbranched alkanes of at least 4 members (excludes halogenated alkanes) is 1. The molecule has 0 radical (unpaired) electrons. The van der Waals surface area contributed by atoms with Crippen LogP contribution >= 0.6 is 0 Å². The van der Waals surface area contributed by atoms with E-state index in [4.69, 9.17) is 4.74 Å². The van der Waals surface area contributed by atoms with E-state index < -0.39 is 47.9 Å². The summed E-state index contributed by atoms with van der Waals surface area (Å²) < 4.78 is 5.40. The first-order chi connectivity index (χ1) is 15.1. The van der Waals surface area contributed by atoms with Gasteiger partial charge in [-0.1, -0.05) is 18.2 Å². The van der Waals surface area contributed by atoms with Crippen LogP contribution in [0.2, 0.25) is 0 Å². The van der Waals surface area contributed by atoms with Crippen LogP contribution in [0.4, 0.5) is 0 Å². The maximum absolute atomic E-state index is 12.0. The van der Waals surface area contributed by atoms with Crippen LogP contribution in [-0.2, 0) is 14.3 Å². The summed E-state index contributed by atoms with van der Waals surface area (Å²) in [4.78, 5) is 35.4. The molecule has 1 heterocycles. The van der Waals surface area contributed by atoms with Crippen molar-refractivity contribution in [1.29, 1.82) is 0 Å². The van der Waals surface area contributed by atoms with E-state index in [0.29, 0.717) is 24.9 Å². The Morgan fingerprint density at radius 2 is 1.84 bits per heavy atom. The summed E-state index contributed by atoms with van der Waals surface area (Å²) in [6, 6.07) is 7.23. The molecule has 1 aliphatic heterocycles. The molecule has 0 aliphatic carbocycles. The van der Waals surface area contributed by atoms with Gasteiger partial charge in [-0.3, -0.25) is 14.9 Å². The molecule has 0 saturated carbocycles. The second-order valence-corrected chi connectivity index (χ2v) is 7.85. The second-order valence-electron chi connectivity index (χ2n) is 7.85. The van der Waals surface area contributed by atoms with E-state index in [1.54, 1.807) is 37.3 Å². The molecule has 7 N–H and O–H groups in total. The van der Waals surface area contributed by atoms with Gasteiger partial charge in [0.25, 0.3) is 5.91 Å². The molecule has 0 bridgehead atoms. The molecule has 0 spiro atoms. The molecular weight excluding hydrogens is 422 g/mol. The van der Waals surface area contributed by atoms with Crippen molar-refractivity contribution >= 4 is 17.8 Å². The van der Waals surface area contributed by atoms with Crippen LogP contribution in [0.15, 0.2) is 30.3 Å². The Balaban J connectivity index is 1.70. The number of carboxylic acid groups (broad SMARTS) is 1. The van der Waals surface area contributed by atoms with Gasteiger partial charge in [0.15, 0.2) is 0 Å². The topological polar surface area (TPSA) is 177 Å². The number of amides is 2. The smallest absolute Gasteiger partial charge is 0.326 e. The highest BCUT2D eigenvalue weighted by atomic mass is 16.5. The third-order valence-corrected chi connectivity index (χ3v) is 5.31. The molecule has 0 aromatic heterocycles. The van der Waals surface area contributed by atoms with Gasteiger partial charge in [0.1, 0.15) is 30.1 Å². The van der Waals surface area contributed by atoms with E-state index in [2.05, 4.69) is 16.0 Å². The zero-order chi connectivity index (χ0) is 23.7. The molecule has 5 atom stereocenters. The second kappa shape index (κ2) is 11.9. The molecule has 32 heavy (non-hydrogen) atoms. The molecule has 0 unspecified atom stereocenters. The number of carbonyl (C=O) groups is 3. The van der Waals surface area contributed by atoms with Gasteiger partial charge in [0.05, 0.1) is 13.2 Å². The third kappa shape index (κ3) is 7.24. The molecule has 1 fully saturated rings. The number of nitrogens with one attached hydrogen (secondary N) is 3. The molecule has 1 aliphatic rings. The summed E-state index contributed by atoms with van der Waals surface area (Å²) in [7, 11) is 0. The molecular formula is C21H31N3O8. The molecule has 1 saturated heterocycles. The standard InChI is InChI=1S/C21H31N3O8/c1-21(18(28)17(27)15(25)12-32-21)23-10-6-5-9-14(20(30)31)24-16(26)11-22-19(29)13-7-3-2-4-8-13/h2-4,7-8,14-15,17-18,23,25,27-28H,5-6,9-12H2,1H3,(H,22,29)(H,24,26)(H,30,31)/t14-,15+,17-,18-,21+/m0/s1. The predicted molar refractivity (Wildman–Crippen MR) is 113 cm³/mol. The van der Waals surface area contributed by atoms with E-state index >= 15 is 0 Å². The third-order valence-electron chi connectivity index (χ3n) is 5.31. The average Bonchev–Trinajstić information content (AvgIpc) is 2.78. The number of aliphatic hydroxyl groups is 3. The van der Waals surface area contributed by atoms with Crippen molar-refractivity contribution in [2.45, 2.75) is 56.3 Å². The first kappa shape index (κ1) is 25.7. The first-order valence-electron chi connectivity index (χ1n) is 10.4. The number of hydrogen-bond donors (Lipinski definition) is 7. The van der Waals surface area contributed by atoms with Crippen LogP contribution in [0.1, 0.15) is 36.5 Å². The fourth-order valence-corrected chi connectivity index (χ4v) is 3.30. The SMILES string of the molecule is C[C@@]1(NCCCC[C@H](NC(=O)CNC(=O)c2ccccc2)C(=O)O)OC[C@@H](O)[C@H](O)[C@@H]1O. The van der Waals surface area contributed by atoms with Gasteiger partial charge < -0.3 is 35.8 Å². The van der Waals surface area contributed by atoms with Gasteiger partial charge >= 0.3 is 5.97 Å². The van der Waals surface area contributed by atoms with Gasteiger partial charge in [-0.05, 0) is 44.9 Å². The number of hydrogen-bond acceptors (Lipinski definition) is 8. The number of benzene rings is 1. The number of aliphatic hydroxyl groups excluding tert-OH is 3. The zero-order valence-corrected chi connectivity index (χ0v) is 17.9. The largest absolute Gasteiger partial charge is 0.480 e. The summed E-state index contributed by atoms with van der Waals surface area (Å²) in [5, 5.41) is 46.6. The lowest BCUT2D eigenvalue weighted by atomic mass is 9.95. The van der Waals surface area contributed by atoms with Crippen LogP contribution in [0.3, 0.4) is 0 Å². The van der Waals surface area contributed by atoms with Crippen molar-refractivity contribution in [3.8, 4) is 0 Å². The number of carboxylic acids is 1. The maximum atomic E-state index is 12.0. The number of ether oxygens (including phenoxy) is 1. The molecule has 11 nitrogen and oxygen atoms in total. The van der Waals surface area contributed by atoms with Crippen LogP contribution in [0.25, 0.3) is 0 Å². The number of aliphatic carboxylic acids is 1. The van der Waals surface area contributed by atoms with Gasteiger partial charge in [0.2, 0.25) is 5.91 Å². The summed E-state index contributed by atoms with van der Waals surface area (Å²) in [5.41, 5.74) is -0.846. The van der Waals surface area contributed by atoms with Crippen molar-refractivity contribution in [2.75, 3.05) is 19.7 Å². The Bertz CT molecular complexity index is 778. The number of carbonyl (C=O) groups excluding carboxylic acids is 2. The summed E-state index contributed by atoms with van der Waals surface area (Å²) in [5.74, 6) is -2.23. The summed E-state index contributed by atoms with van der Waals surface area (Å²) in [6.07, 6.45) is -2.72. The van der Waals surface area contributed by atoms with Gasteiger partial charge in [-0.2, -0.15) is 0 Å². The molecule has 2 amide bonds. The van der Waals surface area contributed by atoms with Crippen molar-refractivity contribution in [2.24, 2.45) is 0 Å². The van der Waals surface area contributed by atoms with Crippen LogP contribution in [0, 0.1) is 0 Å². The minimum Gasteiger partial charge on any atom is -0.480 e. The van der Waals surface area contributed by atoms with E-state index in [0.717, 1.165) is 0 Å². The normalized spacial score (nSPS) is 26.2. The lowest BCUT2D eigenvalue weighted by molar-refractivity contribution is -0.240. The fraction of sp³-hybridized carbons (Fsp3) is 0.571. The predicted octanol–water partition coefficient (Wildman–Crippen LogP) is -1.43. The first-order valence-corrected chi connectivity index (χ1v) is 10.4. The monoisotopic (exact) mass is 453 g/mol. The van der Waals surface area contributed by atoms with Gasteiger partial charge in [0, 0.05) is 5.56 Å². The summed E-state index contributed by atoms with van der Waals surface area (Å²) in [6.45, 7) is 1.43. The molecule has 178 valence electrons. The van der Waals surface area contributed by atoms with Gasteiger partial charge in [-0.15, -0.1) is 0 Å². The van der Waals surface area contributed by atoms with Crippen molar-refractivity contribution in [3.63, 3.8) is 0 Å². The quantitative estimate of drug-likeness (QED) is 0.198. The lowest BCUT2D eigenvalue weighted by Gasteiger charge is -2.43. The highest BCUT2D eigenvalue weighted by Gasteiger charge is 2.45. The Kier molecular flexibility index (Phi) is 9.54. The average molecular weight is 453 g/mol. The molecule has 1 aromatic rings. The zero-order valence-electron chi connectivity index (χ0n) is 17.9. The van der Waals surface area contributed by atoms with E-state index in [1.807, 2.05) is 0 Å². The Labute approximate surface area is 185 Å². The molecule has 2 rings (SSSR count). The minimum absolute atomic E-state index is 0.129. The van der Waals surface area contributed by atoms with Crippen LogP contribution < -0.4 is 16.0 Å². The Hall–Kier alpha value is -2.57. The Morgan fingerprint density at radius 1 is 1.16 bits per heavy atom. The van der Waals surface area contributed by atoms with E-state index in [-0.39, 0.29) is 19.6 Å². The maximum Gasteiger partial charge on any atom is 0.326 e. The Morgan fingerprint density at radius 3 is 2.50 bits per heavy atom. The van der Waals surface area contributed by atoms with E-state index in [9.17, 15) is 34.8 Å². The lowest BCUT2D eigenvalue weighted by Crippen LogP contribution is -2.65.